The van der Waals surface area contributed by atoms with Gasteiger partial charge in [-0.2, -0.15) is 0 Å². The second kappa shape index (κ2) is 9.40. The molecule has 148 valence electrons. The number of ether oxygens (including phenoxy) is 1. The lowest BCUT2D eigenvalue weighted by molar-refractivity contribution is -0.119. The number of nitrogens with zero attached hydrogens (tertiary/aromatic N) is 1. The highest BCUT2D eigenvalue weighted by atomic mass is 35.5. The molecule has 0 fully saturated rings. The fraction of sp³-hybridized carbons (Fsp3) is 0.118. The lowest BCUT2D eigenvalue weighted by Gasteiger charge is -2.09. The van der Waals surface area contributed by atoms with Crippen LogP contribution in [-0.2, 0) is 19.6 Å². The number of sulfonamides is 1. The molecule has 8 nitrogen and oxygen atoms in total. The number of carbonyl (C=O) groups excluding carboxylic acids is 2. The van der Waals surface area contributed by atoms with Gasteiger partial charge in [0.05, 0.1) is 11.3 Å². The molecule has 2 aromatic rings. The van der Waals surface area contributed by atoms with Gasteiger partial charge in [0.25, 0.3) is 5.91 Å². The average Bonchev–Trinajstić information content (AvgIpc) is 2.66. The van der Waals surface area contributed by atoms with Crippen LogP contribution in [0.25, 0.3) is 0 Å². The molecule has 1 aromatic carbocycles. The number of esters is 1. The van der Waals surface area contributed by atoms with E-state index in [4.69, 9.17) is 16.3 Å². The molecule has 0 saturated heterocycles. The van der Waals surface area contributed by atoms with Crippen LogP contribution in [0, 0.1) is 5.82 Å². The Labute approximate surface area is 165 Å². The van der Waals surface area contributed by atoms with E-state index >= 15 is 0 Å². The van der Waals surface area contributed by atoms with E-state index in [1.807, 2.05) is 0 Å². The number of carbonyl (C=O) groups is 2. The molecule has 0 spiro atoms. The maximum Gasteiger partial charge on any atom is 0.338 e. The van der Waals surface area contributed by atoms with Gasteiger partial charge in [-0.05, 0) is 30.3 Å². The van der Waals surface area contributed by atoms with Crippen molar-refractivity contribution in [2.45, 2.75) is 4.90 Å². The highest BCUT2D eigenvalue weighted by molar-refractivity contribution is 7.89. The van der Waals surface area contributed by atoms with Gasteiger partial charge in [0, 0.05) is 12.7 Å². The van der Waals surface area contributed by atoms with E-state index in [1.165, 1.54) is 18.3 Å². The van der Waals surface area contributed by atoms with Crippen molar-refractivity contribution in [1.29, 1.82) is 0 Å². The Balaban J connectivity index is 2.06. The monoisotopic (exact) mass is 427 g/mol. The Morgan fingerprint density at radius 2 is 2.07 bits per heavy atom. The molecule has 28 heavy (non-hydrogen) atoms. The number of hydrogen-bond acceptors (Lipinski definition) is 6. The summed E-state index contributed by atoms with van der Waals surface area (Å²) in [4.78, 5) is 27.0. The van der Waals surface area contributed by atoms with Crippen molar-refractivity contribution in [1.82, 2.24) is 9.71 Å². The summed E-state index contributed by atoms with van der Waals surface area (Å²) in [5, 5.41) is 2.46. The third-order valence-corrected chi connectivity index (χ3v) is 4.98. The zero-order valence-electron chi connectivity index (χ0n) is 14.3. The molecule has 0 atom stereocenters. The lowest BCUT2D eigenvalue weighted by Crippen LogP contribution is -2.25. The van der Waals surface area contributed by atoms with Crippen molar-refractivity contribution in [3.63, 3.8) is 0 Å². The third-order valence-electron chi connectivity index (χ3n) is 3.24. The topological polar surface area (TPSA) is 114 Å². The Morgan fingerprint density at radius 1 is 1.32 bits per heavy atom. The smallest absolute Gasteiger partial charge is 0.338 e. The summed E-state index contributed by atoms with van der Waals surface area (Å²) in [6, 6.07) is 5.73. The minimum absolute atomic E-state index is 0.0579. The molecule has 0 aliphatic heterocycles. The molecule has 0 unspecified atom stereocenters. The van der Waals surface area contributed by atoms with Gasteiger partial charge in [-0.25, -0.2) is 27.3 Å². The normalized spacial score (nSPS) is 10.9. The van der Waals surface area contributed by atoms with E-state index in [9.17, 15) is 22.4 Å². The number of pyridine rings is 1. The number of rotatable bonds is 8. The van der Waals surface area contributed by atoms with E-state index < -0.39 is 39.2 Å². The van der Waals surface area contributed by atoms with E-state index in [2.05, 4.69) is 21.6 Å². The first-order valence-electron chi connectivity index (χ1n) is 7.72. The van der Waals surface area contributed by atoms with Crippen LogP contribution >= 0.6 is 11.6 Å². The van der Waals surface area contributed by atoms with Crippen LogP contribution in [-0.4, -0.2) is 38.4 Å². The molecule has 2 rings (SSSR count). The number of anilines is 1. The van der Waals surface area contributed by atoms with Crippen LogP contribution in [0.4, 0.5) is 10.1 Å². The van der Waals surface area contributed by atoms with Gasteiger partial charge in [0.2, 0.25) is 10.0 Å². The number of hydrogen-bond donors (Lipinski definition) is 2. The summed E-state index contributed by atoms with van der Waals surface area (Å²) in [5.41, 5.74) is -0.0127. The minimum atomic E-state index is -4.19. The predicted octanol–water partition coefficient (Wildman–Crippen LogP) is 2.13. The maximum atomic E-state index is 13.9. The Kier molecular flexibility index (Phi) is 7.21. The molecule has 1 heterocycles. The van der Waals surface area contributed by atoms with Crippen molar-refractivity contribution >= 4 is 39.2 Å². The fourth-order valence-electron chi connectivity index (χ4n) is 1.96. The molecular weight excluding hydrogens is 413 g/mol. The van der Waals surface area contributed by atoms with Crippen molar-refractivity contribution in [2.75, 3.05) is 18.5 Å². The van der Waals surface area contributed by atoms with Crippen LogP contribution in [0.3, 0.4) is 0 Å². The largest absolute Gasteiger partial charge is 0.452 e. The summed E-state index contributed by atoms with van der Waals surface area (Å²) in [5.74, 6) is -2.74. The number of benzene rings is 1. The summed E-state index contributed by atoms with van der Waals surface area (Å²) >= 11 is 5.80. The first kappa shape index (κ1) is 21.5. The van der Waals surface area contributed by atoms with E-state index in [-0.39, 0.29) is 22.9 Å². The second-order valence-corrected chi connectivity index (χ2v) is 7.35. The standard InChI is InChI=1S/C17H15ClFN3O5S/c1-2-7-21-28(25,26)14-9-11(5-6-12(14)19)17(24)27-10-15(23)22-13-4-3-8-20-16(13)18/h2-6,8-9,21H,1,7,10H2,(H,22,23). The molecule has 11 heteroatoms. The van der Waals surface area contributed by atoms with E-state index in [0.29, 0.717) is 0 Å². The third kappa shape index (κ3) is 5.59. The highest BCUT2D eigenvalue weighted by Gasteiger charge is 2.21. The van der Waals surface area contributed by atoms with Gasteiger partial charge in [0.15, 0.2) is 11.8 Å². The molecule has 0 aliphatic rings. The molecule has 0 bridgehead atoms. The first-order chi connectivity index (χ1) is 13.2. The van der Waals surface area contributed by atoms with E-state index in [0.717, 1.165) is 18.2 Å². The zero-order valence-corrected chi connectivity index (χ0v) is 15.9. The van der Waals surface area contributed by atoms with Crippen LogP contribution in [0.2, 0.25) is 5.15 Å². The van der Waals surface area contributed by atoms with Crippen LogP contribution in [0.15, 0.2) is 54.1 Å². The highest BCUT2D eigenvalue weighted by Crippen LogP contribution is 2.18. The zero-order chi connectivity index (χ0) is 20.7. The van der Waals surface area contributed by atoms with Gasteiger partial charge >= 0.3 is 5.97 Å². The molecule has 0 aliphatic carbocycles. The fourth-order valence-corrected chi connectivity index (χ4v) is 3.23. The summed E-state index contributed by atoms with van der Waals surface area (Å²) in [6.45, 7) is 2.57. The Morgan fingerprint density at radius 3 is 2.75 bits per heavy atom. The quantitative estimate of drug-likeness (QED) is 0.379. The average molecular weight is 428 g/mol. The number of nitrogens with one attached hydrogen (secondary N) is 2. The van der Waals surface area contributed by atoms with Crippen molar-refractivity contribution in [2.24, 2.45) is 0 Å². The van der Waals surface area contributed by atoms with Crippen molar-refractivity contribution in [3.8, 4) is 0 Å². The van der Waals surface area contributed by atoms with E-state index in [1.54, 1.807) is 6.07 Å². The number of halogens is 2. The van der Waals surface area contributed by atoms with Gasteiger partial charge in [-0.3, -0.25) is 4.79 Å². The minimum Gasteiger partial charge on any atom is -0.452 e. The van der Waals surface area contributed by atoms with Crippen molar-refractivity contribution in [3.05, 3.63) is 65.7 Å². The van der Waals surface area contributed by atoms with Gasteiger partial charge in [-0.1, -0.05) is 17.7 Å². The van der Waals surface area contributed by atoms with Gasteiger partial charge < -0.3 is 10.1 Å². The molecule has 0 saturated carbocycles. The second-order valence-electron chi connectivity index (χ2n) is 5.25. The summed E-state index contributed by atoms with van der Waals surface area (Å²) < 4.78 is 44.9. The predicted molar refractivity (Wildman–Crippen MR) is 99.9 cm³/mol. The molecule has 1 amide bonds. The molecule has 2 N–H and O–H groups in total. The molecule has 1 aromatic heterocycles. The molecular formula is C17H15ClFN3O5S. The number of amides is 1. The molecule has 0 radical (unpaired) electrons. The first-order valence-corrected chi connectivity index (χ1v) is 9.58. The van der Waals surface area contributed by atoms with Gasteiger partial charge in [0.1, 0.15) is 10.7 Å². The number of aromatic nitrogens is 1. The maximum absolute atomic E-state index is 13.9. The summed E-state index contributed by atoms with van der Waals surface area (Å²) in [7, 11) is -4.19. The van der Waals surface area contributed by atoms with Crippen molar-refractivity contribution < 1.29 is 27.1 Å². The lowest BCUT2D eigenvalue weighted by atomic mass is 10.2. The SMILES string of the molecule is C=CCNS(=O)(=O)c1cc(C(=O)OCC(=O)Nc2cccnc2Cl)ccc1F. The summed E-state index contributed by atoms with van der Waals surface area (Å²) in [6.07, 6.45) is 2.71. The van der Waals surface area contributed by atoms with Crippen LogP contribution in [0.5, 0.6) is 0 Å². The van der Waals surface area contributed by atoms with Gasteiger partial charge in [-0.15, -0.1) is 6.58 Å². The van der Waals surface area contributed by atoms with Crippen LogP contribution in [0.1, 0.15) is 10.4 Å². The Hall–Kier alpha value is -2.82. The van der Waals surface area contributed by atoms with Crippen LogP contribution < -0.4 is 10.0 Å². The Bertz CT molecular complexity index is 1010.